The summed E-state index contributed by atoms with van der Waals surface area (Å²) >= 11 is 0. The molecule has 0 radical (unpaired) electrons. The molecule has 6 nitrogen and oxygen atoms in total. The van der Waals surface area contributed by atoms with E-state index in [4.69, 9.17) is 0 Å². The van der Waals surface area contributed by atoms with Crippen molar-refractivity contribution in [3.8, 4) is 0 Å². The SMILES string of the molecule is CN(C)CCNC(=O)c1ccc(N2CCN(C/C=C/c3ccccc3)CC2)nc1. The summed E-state index contributed by atoms with van der Waals surface area (Å²) in [6.45, 7) is 6.32. The first kappa shape index (κ1) is 21.0. The number of rotatable bonds is 8. The van der Waals surface area contributed by atoms with Gasteiger partial charge in [-0.25, -0.2) is 4.98 Å². The van der Waals surface area contributed by atoms with Gasteiger partial charge in [0.15, 0.2) is 0 Å². The van der Waals surface area contributed by atoms with Gasteiger partial charge in [0.05, 0.1) is 5.56 Å². The van der Waals surface area contributed by atoms with Crippen molar-refractivity contribution in [3.05, 3.63) is 65.9 Å². The molecule has 3 rings (SSSR count). The molecule has 154 valence electrons. The van der Waals surface area contributed by atoms with Crippen molar-refractivity contribution in [2.45, 2.75) is 0 Å². The van der Waals surface area contributed by atoms with Crippen molar-refractivity contribution in [1.82, 2.24) is 20.1 Å². The molecule has 1 aromatic carbocycles. The van der Waals surface area contributed by atoms with Crippen molar-refractivity contribution in [1.29, 1.82) is 0 Å². The van der Waals surface area contributed by atoms with Crippen LogP contribution in [0.1, 0.15) is 15.9 Å². The lowest BCUT2D eigenvalue weighted by Gasteiger charge is -2.34. The van der Waals surface area contributed by atoms with Gasteiger partial charge in [0.2, 0.25) is 0 Å². The lowest BCUT2D eigenvalue weighted by Crippen LogP contribution is -2.46. The summed E-state index contributed by atoms with van der Waals surface area (Å²) in [6.07, 6.45) is 6.08. The first-order valence-corrected chi connectivity index (χ1v) is 10.2. The van der Waals surface area contributed by atoms with Gasteiger partial charge in [-0.05, 0) is 31.8 Å². The molecule has 1 aliphatic rings. The lowest BCUT2D eigenvalue weighted by atomic mass is 10.2. The maximum Gasteiger partial charge on any atom is 0.252 e. The molecule has 1 aliphatic heterocycles. The summed E-state index contributed by atoms with van der Waals surface area (Å²) in [5.74, 6) is 0.871. The van der Waals surface area contributed by atoms with Crippen molar-refractivity contribution in [3.63, 3.8) is 0 Å². The number of pyridine rings is 1. The summed E-state index contributed by atoms with van der Waals surface area (Å²) < 4.78 is 0. The Bertz CT molecular complexity index is 781. The van der Waals surface area contributed by atoms with Crippen LogP contribution in [0.15, 0.2) is 54.7 Å². The van der Waals surface area contributed by atoms with Gasteiger partial charge in [0.25, 0.3) is 5.91 Å². The maximum absolute atomic E-state index is 12.2. The minimum atomic E-state index is -0.0686. The second-order valence-electron chi connectivity index (χ2n) is 7.56. The largest absolute Gasteiger partial charge is 0.354 e. The zero-order chi connectivity index (χ0) is 20.5. The Kier molecular flexibility index (Phi) is 7.78. The van der Waals surface area contributed by atoms with Crippen LogP contribution in [0.4, 0.5) is 5.82 Å². The number of piperazine rings is 1. The molecular weight excluding hydrogens is 362 g/mol. The van der Waals surface area contributed by atoms with Crippen LogP contribution in [0, 0.1) is 0 Å². The van der Waals surface area contributed by atoms with E-state index in [1.165, 1.54) is 5.56 Å². The van der Waals surface area contributed by atoms with Crippen molar-refractivity contribution < 1.29 is 4.79 Å². The van der Waals surface area contributed by atoms with Gasteiger partial charge in [-0.3, -0.25) is 9.69 Å². The molecule has 6 heteroatoms. The third-order valence-corrected chi connectivity index (χ3v) is 5.02. The normalized spacial score (nSPS) is 15.2. The Labute approximate surface area is 173 Å². The molecule has 0 aliphatic carbocycles. The zero-order valence-electron chi connectivity index (χ0n) is 17.4. The lowest BCUT2D eigenvalue weighted by molar-refractivity contribution is 0.0950. The molecule has 0 atom stereocenters. The van der Waals surface area contributed by atoms with Gasteiger partial charge in [0.1, 0.15) is 5.82 Å². The number of hydrogen-bond acceptors (Lipinski definition) is 5. The van der Waals surface area contributed by atoms with Crippen molar-refractivity contribution in [2.24, 2.45) is 0 Å². The molecule has 0 saturated carbocycles. The topological polar surface area (TPSA) is 51.7 Å². The average Bonchev–Trinajstić information content (AvgIpc) is 2.75. The standard InChI is InChI=1S/C23H31N5O/c1-26(2)14-12-24-23(29)21-10-11-22(25-19-21)28-17-15-27(16-18-28)13-6-9-20-7-4-3-5-8-20/h3-11,19H,12-18H2,1-2H3,(H,24,29)/b9-6+. The third kappa shape index (κ3) is 6.69. The summed E-state index contributed by atoms with van der Waals surface area (Å²) in [4.78, 5) is 23.4. The number of benzene rings is 1. The van der Waals surface area contributed by atoms with Crippen LogP contribution in [0.5, 0.6) is 0 Å². The molecule has 0 unspecified atom stereocenters. The molecule has 1 fully saturated rings. The van der Waals surface area contributed by atoms with E-state index < -0.39 is 0 Å². The number of carbonyl (C=O) groups excluding carboxylic acids is 1. The number of amides is 1. The highest BCUT2D eigenvalue weighted by Gasteiger charge is 2.17. The first-order valence-electron chi connectivity index (χ1n) is 10.2. The molecule has 1 amide bonds. The van der Waals surface area contributed by atoms with Crippen LogP contribution < -0.4 is 10.2 Å². The molecule has 1 aromatic heterocycles. The van der Waals surface area contributed by atoms with Gasteiger partial charge >= 0.3 is 0 Å². The summed E-state index contributed by atoms with van der Waals surface area (Å²) in [7, 11) is 3.98. The van der Waals surface area contributed by atoms with Gasteiger partial charge in [-0.2, -0.15) is 0 Å². The second-order valence-corrected chi connectivity index (χ2v) is 7.56. The van der Waals surface area contributed by atoms with E-state index in [9.17, 15) is 4.79 Å². The molecular formula is C23H31N5O. The quantitative estimate of drug-likeness (QED) is 0.745. The van der Waals surface area contributed by atoms with E-state index in [0.717, 1.165) is 45.1 Å². The van der Waals surface area contributed by atoms with E-state index >= 15 is 0 Å². The van der Waals surface area contributed by atoms with Crippen LogP contribution >= 0.6 is 0 Å². The Morgan fingerprint density at radius 3 is 2.52 bits per heavy atom. The van der Waals surface area contributed by atoms with Crippen molar-refractivity contribution >= 4 is 17.8 Å². The van der Waals surface area contributed by atoms with E-state index in [1.807, 2.05) is 37.2 Å². The van der Waals surface area contributed by atoms with Gasteiger partial charge in [0, 0.05) is 52.0 Å². The van der Waals surface area contributed by atoms with E-state index in [0.29, 0.717) is 12.1 Å². The number of hydrogen-bond donors (Lipinski definition) is 1. The first-order chi connectivity index (χ1) is 14.1. The predicted molar refractivity (Wildman–Crippen MR) is 119 cm³/mol. The number of carbonyl (C=O) groups is 1. The number of anilines is 1. The summed E-state index contributed by atoms with van der Waals surface area (Å²) in [6, 6.07) is 14.2. The van der Waals surface area contributed by atoms with Gasteiger partial charge in [-0.15, -0.1) is 0 Å². The van der Waals surface area contributed by atoms with Crippen LogP contribution in [-0.4, -0.2) is 80.6 Å². The summed E-state index contributed by atoms with van der Waals surface area (Å²) in [5, 5.41) is 2.92. The molecule has 1 N–H and O–H groups in total. The second kappa shape index (κ2) is 10.7. The Morgan fingerprint density at radius 1 is 1.10 bits per heavy atom. The minimum Gasteiger partial charge on any atom is -0.354 e. The summed E-state index contributed by atoms with van der Waals surface area (Å²) in [5.41, 5.74) is 1.85. The number of nitrogens with zero attached hydrogens (tertiary/aromatic N) is 4. The fourth-order valence-corrected chi connectivity index (χ4v) is 3.26. The van der Waals surface area contributed by atoms with E-state index in [1.54, 1.807) is 6.20 Å². The van der Waals surface area contributed by atoms with Crippen molar-refractivity contribution in [2.75, 3.05) is 64.8 Å². The zero-order valence-corrected chi connectivity index (χ0v) is 17.4. The van der Waals surface area contributed by atoms with Gasteiger partial charge in [-0.1, -0.05) is 42.5 Å². The highest BCUT2D eigenvalue weighted by molar-refractivity contribution is 5.94. The molecule has 0 bridgehead atoms. The maximum atomic E-state index is 12.2. The van der Waals surface area contributed by atoms with E-state index in [2.05, 4.69) is 56.5 Å². The molecule has 1 saturated heterocycles. The molecule has 29 heavy (non-hydrogen) atoms. The highest BCUT2D eigenvalue weighted by Crippen LogP contribution is 2.14. The Morgan fingerprint density at radius 2 is 1.86 bits per heavy atom. The number of aromatic nitrogens is 1. The smallest absolute Gasteiger partial charge is 0.252 e. The molecule has 0 spiro atoms. The highest BCUT2D eigenvalue weighted by atomic mass is 16.1. The Balaban J connectivity index is 1.43. The van der Waals surface area contributed by atoms with Crippen LogP contribution in [0.3, 0.4) is 0 Å². The molecule has 2 aromatic rings. The number of nitrogens with one attached hydrogen (secondary N) is 1. The monoisotopic (exact) mass is 393 g/mol. The third-order valence-electron chi connectivity index (χ3n) is 5.02. The van der Waals surface area contributed by atoms with Gasteiger partial charge < -0.3 is 15.1 Å². The average molecular weight is 394 g/mol. The minimum absolute atomic E-state index is 0.0686. The molecule has 2 heterocycles. The van der Waals surface area contributed by atoms with Crippen LogP contribution in [0.25, 0.3) is 6.08 Å². The predicted octanol–water partition coefficient (Wildman–Crippen LogP) is 2.21. The fourth-order valence-electron chi connectivity index (χ4n) is 3.26. The number of likely N-dealkylation sites (N-methyl/N-ethyl adjacent to an activating group) is 1. The van der Waals surface area contributed by atoms with Crippen LogP contribution in [-0.2, 0) is 0 Å². The van der Waals surface area contributed by atoms with Crippen LogP contribution in [0.2, 0.25) is 0 Å². The van der Waals surface area contributed by atoms with E-state index in [-0.39, 0.29) is 5.91 Å². The fraction of sp³-hybridized carbons (Fsp3) is 0.391. The Hall–Kier alpha value is -2.70.